The van der Waals surface area contributed by atoms with Crippen molar-refractivity contribution in [2.75, 3.05) is 33.5 Å². The highest BCUT2D eigenvalue weighted by Gasteiger charge is 2.11. The number of ether oxygens (including phenoxy) is 2. The van der Waals surface area contributed by atoms with E-state index in [0.717, 1.165) is 25.1 Å². The quantitative estimate of drug-likeness (QED) is 0.560. The average molecular weight is 305 g/mol. The molecule has 0 aromatic carbocycles. The van der Waals surface area contributed by atoms with Gasteiger partial charge in [0.25, 0.3) is 5.91 Å². The monoisotopic (exact) mass is 304 g/mol. The van der Waals surface area contributed by atoms with Crippen molar-refractivity contribution in [2.45, 2.75) is 12.8 Å². The van der Waals surface area contributed by atoms with Gasteiger partial charge in [0.15, 0.2) is 0 Å². The molecular formula is C13H18ClFN2O3. The molecule has 0 radical (unpaired) electrons. The number of aromatic nitrogens is 1. The first-order valence-corrected chi connectivity index (χ1v) is 6.69. The van der Waals surface area contributed by atoms with Crippen LogP contribution < -0.4 is 5.32 Å². The summed E-state index contributed by atoms with van der Waals surface area (Å²) >= 11 is 5.73. The van der Waals surface area contributed by atoms with Crippen LogP contribution in [-0.2, 0) is 9.47 Å². The molecular weight excluding hydrogens is 287 g/mol. The number of hydrogen-bond acceptors (Lipinski definition) is 4. The van der Waals surface area contributed by atoms with E-state index >= 15 is 0 Å². The highest BCUT2D eigenvalue weighted by Crippen LogP contribution is 2.13. The van der Waals surface area contributed by atoms with Crippen LogP contribution in [0.25, 0.3) is 0 Å². The van der Waals surface area contributed by atoms with E-state index in [0.29, 0.717) is 26.4 Å². The summed E-state index contributed by atoms with van der Waals surface area (Å²) in [6.07, 6.45) is 2.55. The number of carbonyl (C=O) groups is 1. The van der Waals surface area contributed by atoms with E-state index in [-0.39, 0.29) is 10.7 Å². The minimum absolute atomic E-state index is 0.00759. The number of amides is 1. The van der Waals surface area contributed by atoms with Crippen molar-refractivity contribution in [3.63, 3.8) is 0 Å². The molecule has 0 saturated carbocycles. The maximum atomic E-state index is 13.0. The third-order valence-corrected chi connectivity index (χ3v) is 2.78. The molecule has 1 N–H and O–H groups in total. The molecule has 0 aliphatic carbocycles. The van der Waals surface area contributed by atoms with Gasteiger partial charge in [0.05, 0.1) is 25.0 Å². The molecule has 0 unspecified atom stereocenters. The van der Waals surface area contributed by atoms with Gasteiger partial charge in [-0.15, -0.1) is 0 Å². The third-order valence-electron chi connectivity index (χ3n) is 2.48. The van der Waals surface area contributed by atoms with Gasteiger partial charge in [-0.1, -0.05) is 11.6 Å². The van der Waals surface area contributed by atoms with Crippen molar-refractivity contribution in [3.05, 3.63) is 28.8 Å². The van der Waals surface area contributed by atoms with E-state index in [1.54, 1.807) is 7.11 Å². The number of carbonyl (C=O) groups excluding carboxylic acids is 1. The maximum absolute atomic E-state index is 13.0. The van der Waals surface area contributed by atoms with Crippen LogP contribution in [0.4, 0.5) is 4.39 Å². The Morgan fingerprint density at radius 2 is 2.20 bits per heavy atom. The van der Waals surface area contributed by atoms with Crippen molar-refractivity contribution in [2.24, 2.45) is 0 Å². The standard InChI is InChI=1S/C13H18ClFN2O3/c1-19-6-7-20-5-3-2-4-16-13(18)11-8-10(15)9-17-12(11)14/h8-9H,2-7H2,1H3,(H,16,18). The summed E-state index contributed by atoms with van der Waals surface area (Å²) in [6.45, 7) is 2.22. The fraction of sp³-hybridized carbons (Fsp3) is 0.538. The lowest BCUT2D eigenvalue weighted by atomic mass is 10.2. The van der Waals surface area contributed by atoms with Gasteiger partial charge >= 0.3 is 0 Å². The Labute approximate surface area is 122 Å². The number of hydrogen-bond donors (Lipinski definition) is 1. The minimum Gasteiger partial charge on any atom is -0.382 e. The van der Waals surface area contributed by atoms with Crippen molar-refractivity contribution >= 4 is 17.5 Å². The normalized spacial score (nSPS) is 10.6. The fourth-order valence-corrected chi connectivity index (χ4v) is 1.64. The second-order valence-electron chi connectivity index (χ2n) is 4.06. The molecule has 0 bridgehead atoms. The molecule has 1 rings (SSSR count). The predicted octanol–water partition coefficient (Wildman–Crippen LogP) is 2.05. The summed E-state index contributed by atoms with van der Waals surface area (Å²) < 4.78 is 23.1. The van der Waals surface area contributed by atoms with Gasteiger partial charge in [0.1, 0.15) is 11.0 Å². The van der Waals surface area contributed by atoms with Gasteiger partial charge in [-0.2, -0.15) is 0 Å². The minimum atomic E-state index is -0.592. The first-order valence-electron chi connectivity index (χ1n) is 6.31. The topological polar surface area (TPSA) is 60.5 Å². The van der Waals surface area contributed by atoms with Crippen LogP contribution in [0.2, 0.25) is 5.15 Å². The summed E-state index contributed by atoms with van der Waals surface area (Å²) in [5.74, 6) is -1.02. The van der Waals surface area contributed by atoms with Gasteiger partial charge in [0.2, 0.25) is 0 Å². The highest BCUT2D eigenvalue weighted by molar-refractivity contribution is 6.32. The van der Waals surface area contributed by atoms with Crippen molar-refractivity contribution in [1.29, 1.82) is 0 Å². The molecule has 112 valence electrons. The Kier molecular flexibility index (Phi) is 8.10. The Balaban J connectivity index is 2.18. The van der Waals surface area contributed by atoms with E-state index in [2.05, 4.69) is 10.3 Å². The Hall–Kier alpha value is -1.24. The van der Waals surface area contributed by atoms with Crippen molar-refractivity contribution < 1.29 is 18.7 Å². The van der Waals surface area contributed by atoms with Crippen LogP contribution in [0.1, 0.15) is 23.2 Å². The molecule has 20 heavy (non-hydrogen) atoms. The largest absolute Gasteiger partial charge is 0.382 e. The molecule has 1 heterocycles. The summed E-state index contributed by atoms with van der Waals surface area (Å²) in [5, 5.41) is 2.65. The molecule has 0 aliphatic heterocycles. The number of nitrogens with one attached hydrogen (secondary N) is 1. The molecule has 1 aromatic rings. The van der Waals surface area contributed by atoms with Crippen molar-refractivity contribution in [3.8, 4) is 0 Å². The molecule has 5 nitrogen and oxygen atoms in total. The summed E-state index contributed by atoms with van der Waals surface area (Å²) in [4.78, 5) is 15.3. The van der Waals surface area contributed by atoms with Crippen LogP contribution in [-0.4, -0.2) is 44.4 Å². The zero-order valence-corrected chi connectivity index (χ0v) is 12.1. The van der Waals surface area contributed by atoms with Crippen LogP contribution in [0.5, 0.6) is 0 Å². The van der Waals surface area contributed by atoms with Gasteiger partial charge in [-0.3, -0.25) is 4.79 Å². The number of halogens is 2. The first kappa shape index (κ1) is 16.8. The van der Waals surface area contributed by atoms with E-state index < -0.39 is 11.7 Å². The Morgan fingerprint density at radius 3 is 2.95 bits per heavy atom. The van der Waals surface area contributed by atoms with Crippen LogP contribution in [0, 0.1) is 5.82 Å². The molecule has 0 fully saturated rings. The predicted molar refractivity (Wildman–Crippen MR) is 73.5 cm³/mol. The summed E-state index contributed by atoms with van der Waals surface area (Å²) in [6, 6.07) is 1.07. The Bertz CT molecular complexity index is 432. The van der Waals surface area contributed by atoms with E-state index in [9.17, 15) is 9.18 Å². The molecule has 0 aliphatic rings. The summed E-state index contributed by atoms with van der Waals surface area (Å²) in [5.41, 5.74) is 0.0445. The molecule has 0 atom stereocenters. The first-order chi connectivity index (χ1) is 9.65. The maximum Gasteiger partial charge on any atom is 0.254 e. The van der Waals surface area contributed by atoms with Crippen LogP contribution >= 0.6 is 11.6 Å². The number of nitrogens with zero attached hydrogens (tertiary/aromatic N) is 1. The van der Waals surface area contributed by atoms with Gasteiger partial charge < -0.3 is 14.8 Å². The lowest BCUT2D eigenvalue weighted by molar-refractivity contribution is 0.0686. The zero-order valence-electron chi connectivity index (χ0n) is 11.3. The molecule has 1 aromatic heterocycles. The number of rotatable bonds is 9. The lowest BCUT2D eigenvalue weighted by Crippen LogP contribution is -2.25. The fourth-order valence-electron chi connectivity index (χ4n) is 1.45. The van der Waals surface area contributed by atoms with Crippen molar-refractivity contribution in [1.82, 2.24) is 10.3 Å². The van der Waals surface area contributed by atoms with Gasteiger partial charge in [-0.05, 0) is 18.9 Å². The second-order valence-corrected chi connectivity index (χ2v) is 4.42. The smallest absolute Gasteiger partial charge is 0.254 e. The zero-order chi connectivity index (χ0) is 14.8. The molecule has 1 amide bonds. The van der Waals surface area contributed by atoms with Gasteiger partial charge in [-0.25, -0.2) is 9.37 Å². The highest BCUT2D eigenvalue weighted by atomic mass is 35.5. The van der Waals surface area contributed by atoms with E-state index in [1.807, 2.05) is 0 Å². The number of methoxy groups -OCH3 is 1. The number of unbranched alkanes of at least 4 members (excludes halogenated alkanes) is 1. The average Bonchev–Trinajstić information content (AvgIpc) is 2.44. The lowest BCUT2D eigenvalue weighted by Gasteiger charge is -2.07. The molecule has 0 saturated heterocycles. The third kappa shape index (κ3) is 6.27. The Morgan fingerprint density at radius 1 is 1.40 bits per heavy atom. The number of pyridine rings is 1. The van der Waals surface area contributed by atoms with E-state index in [1.165, 1.54) is 0 Å². The van der Waals surface area contributed by atoms with Crippen LogP contribution in [0.15, 0.2) is 12.3 Å². The molecule has 0 spiro atoms. The molecule has 7 heteroatoms. The second kappa shape index (κ2) is 9.63. The van der Waals surface area contributed by atoms with Crippen LogP contribution in [0.3, 0.4) is 0 Å². The van der Waals surface area contributed by atoms with E-state index in [4.69, 9.17) is 21.1 Å². The SMILES string of the molecule is COCCOCCCCNC(=O)c1cc(F)cnc1Cl. The van der Waals surface area contributed by atoms with Gasteiger partial charge in [0, 0.05) is 20.3 Å². The summed E-state index contributed by atoms with van der Waals surface area (Å²) in [7, 11) is 1.62.